The summed E-state index contributed by atoms with van der Waals surface area (Å²) in [6.45, 7) is 2.13. The monoisotopic (exact) mass is 286 g/mol. The summed E-state index contributed by atoms with van der Waals surface area (Å²) in [5.74, 6) is 0.968. The molecule has 0 aromatic carbocycles. The Kier molecular flexibility index (Phi) is 4.36. The Labute approximate surface area is 113 Å². The van der Waals surface area contributed by atoms with Gasteiger partial charge in [0.05, 0.1) is 10.6 Å². The molecule has 2 aromatic heterocycles. The first-order chi connectivity index (χ1) is 8.28. The third-order valence-electron chi connectivity index (χ3n) is 2.18. The molecule has 7 heteroatoms. The van der Waals surface area contributed by atoms with E-state index in [0.29, 0.717) is 0 Å². The van der Waals surface area contributed by atoms with Crippen LogP contribution in [0.1, 0.15) is 17.6 Å². The molecule has 0 radical (unpaired) electrons. The van der Waals surface area contributed by atoms with Crippen LogP contribution in [0.5, 0.6) is 0 Å². The van der Waals surface area contributed by atoms with Crippen molar-refractivity contribution < 1.29 is 0 Å². The summed E-state index contributed by atoms with van der Waals surface area (Å²) >= 11 is 5.11. The van der Waals surface area contributed by atoms with Gasteiger partial charge in [0.15, 0.2) is 5.01 Å². The number of hydrogen-bond acceptors (Lipinski definition) is 7. The highest BCUT2D eigenvalue weighted by atomic mass is 32.2. The van der Waals surface area contributed by atoms with E-state index in [4.69, 9.17) is 0 Å². The van der Waals surface area contributed by atoms with Crippen molar-refractivity contribution in [2.45, 2.75) is 19.1 Å². The number of hydrogen-bond donors (Lipinski definition) is 1. The maximum Gasteiger partial charge on any atom is 0.205 e. The van der Waals surface area contributed by atoms with Gasteiger partial charge < -0.3 is 5.32 Å². The van der Waals surface area contributed by atoms with Gasteiger partial charge in [0.25, 0.3) is 0 Å². The topological polar surface area (TPSA) is 50.7 Å². The Morgan fingerprint density at radius 2 is 2.12 bits per heavy atom. The van der Waals surface area contributed by atoms with Crippen LogP contribution in [0.2, 0.25) is 0 Å². The third kappa shape index (κ3) is 2.78. The number of anilines is 1. The molecule has 0 amide bonds. The molecule has 0 aliphatic carbocycles. The number of aryl methyl sites for hydroxylation is 1. The lowest BCUT2D eigenvalue weighted by atomic mass is 10.3. The summed E-state index contributed by atoms with van der Waals surface area (Å²) in [6.07, 6.45) is 3.03. The van der Waals surface area contributed by atoms with Gasteiger partial charge in [-0.15, -0.1) is 21.5 Å². The molecule has 2 rings (SSSR count). The fourth-order valence-electron chi connectivity index (χ4n) is 1.41. The Morgan fingerprint density at radius 1 is 1.29 bits per heavy atom. The number of aromatic nitrogens is 3. The lowest BCUT2D eigenvalue weighted by Gasteiger charge is -1.92. The summed E-state index contributed by atoms with van der Waals surface area (Å²) < 4.78 is 0. The largest absolute Gasteiger partial charge is 0.363 e. The Morgan fingerprint density at radius 3 is 2.71 bits per heavy atom. The number of thioether (sulfide) groups is 1. The highest BCUT2D eigenvalue weighted by molar-refractivity contribution is 7.97. The van der Waals surface area contributed by atoms with Gasteiger partial charge in [-0.05, 0) is 12.7 Å². The number of nitrogens with zero attached hydrogens (tertiary/aromatic N) is 3. The molecule has 0 unspecified atom stereocenters. The fourth-order valence-corrected chi connectivity index (χ4v) is 4.05. The Hall–Kier alpha value is -0.660. The average Bonchev–Trinajstić information content (AvgIpc) is 2.94. The lowest BCUT2D eigenvalue weighted by Crippen LogP contribution is -1.85. The van der Waals surface area contributed by atoms with Crippen LogP contribution in [0.15, 0.2) is 0 Å². The minimum atomic E-state index is 0.849. The van der Waals surface area contributed by atoms with Crippen molar-refractivity contribution >= 4 is 39.6 Å². The normalized spacial score (nSPS) is 10.8. The van der Waals surface area contributed by atoms with E-state index in [0.717, 1.165) is 28.0 Å². The van der Waals surface area contributed by atoms with Crippen LogP contribution in [0, 0.1) is 0 Å². The Balaban J connectivity index is 2.35. The molecular weight excluding hydrogens is 272 g/mol. The van der Waals surface area contributed by atoms with E-state index in [2.05, 4.69) is 33.7 Å². The van der Waals surface area contributed by atoms with Gasteiger partial charge in [-0.3, -0.25) is 0 Å². The van der Waals surface area contributed by atoms with E-state index in [-0.39, 0.29) is 0 Å². The van der Waals surface area contributed by atoms with Crippen LogP contribution in [0.3, 0.4) is 0 Å². The van der Waals surface area contributed by atoms with Gasteiger partial charge in [-0.25, -0.2) is 4.98 Å². The zero-order chi connectivity index (χ0) is 12.3. The van der Waals surface area contributed by atoms with Gasteiger partial charge in [0.1, 0.15) is 5.01 Å². The van der Waals surface area contributed by atoms with Crippen molar-refractivity contribution in [1.82, 2.24) is 15.2 Å². The van der Waals surface area contributed by atoms with Gasteiger partial charge in [-0.2, -0.15) is 11.8 Å². The smallest absolute Gasteiger partial charge is 0.205 e. The van der Waals surface area contributed by atoms with Crippen LogP contribution in [0.4, 0.5) is 5.13 Å². The van der Waals surface area contributed by atoms with Gasteiger partial charge in [0.2, 0.25) is 5.13 Å². The predicted molar refractivity (Wildman–Crippen MR) is 77.2 cm³/mol. The number of rotatable bonds is 5. The van der Waals surface area contributed by atoms with E-state index >= 15 is 0 Å². The molecule has 0 bridgehead atoms. The standard InChI is InChI=1S/C10H14N4S3/c1-4-6-8(16-7(12-6)5-15-3)9-13-14-10(11-2)17-9/h4-5H2,1-3H3,(H,11,14). The zero-order valence-electron chi connectivity index (χ0n) is 9.98. The van der Waals surface area contributed by atoms with Crippen molar-refractivity contribution in [3.05, 3.63) is 10.7 Å². The minimum absolute atomic E-state index is 0.849. The minimum Gasteiger partial charge on any atom is -0.363 e. The van der Waals surface area contributed by atoms with Crippen molar-refractivity contribution in [2.75, 3.05) is 18.6 Å². The predicted octanol–water partition coefficient (Wildman–Crippen LogP) is 3.13. The number of thiazole rings is 1. The first kappa shape index (κ1) is 12.8. The van der Waals surface area contributed by atoms with Crippen molar-refractivity contribution in [3.63, 3.8) is 0 Å². The second-order valence-corrected chi connectivity index (χ2v) is 6.26. The molecule has 0 saturated carbocycles. The summed E-state index contributed by atoms with van der Waals surface area (Å²) in [7, 11) is 1.86. The zero-order valence-corrected chi connectivity index (χ0v) is 12.4. The molecule has 1 N–H and O–H groups in total. The summed E-state index contributed by atoms with van der Waals surface area (Å²) in [4.78, 5) is 5.82. The van der Waals surface area contributed by atoms with E-state index in [1.165, 1.54) is 9.88 Å². The van der Waals surface area contributed by atoms with E-state index in [9.17, 15) is 0 Å². The van der Waals surface area contributed by atoms with Crippen molar-refractivity contribution in [2.24, 2.45) is 0 Å². The lowest BCUT2D eigenvalue weighted by molar-refractivity contribution is 1.03. The molecule has 0 aliphatic rings. The molecule has 0 fully saturated rings. The maximum atomic E-state index is 4.65. The Bertz CT molecular complexity index is 491. The van der Waals surface area contributed by atoms with Crippen LogP contribution < -0.4 is 5.32 Å². The van der Waals surface area contributed by atoms with Gasteiger partial charge >= 0.3 is 0 Å². The molecule has 2 heterocycles. The molecule has 92 valence electrons. The van der Waals surface area contributed by atoms with E-state index in [1.54, 1.807) is 34.4 Å². The summed E-state index contributed by atoms with van der Waals surface area (Å²) in [5.41, 5.74) is 1.14. The third-order valence-corrected chi connectivity index (χ3v) is 5.11. The van der Waals surface area contributed by atoms with Crippen LogP contribution >= 0.6 is 34.4 Å². The number of nitrogens with one attached hydrogen (secondary N) is 1. The van der Waals surface area contributed by atoms with Crippen LogP contribution in [-0.4, -0.2) is 28.5 Å². The fraction of sp³-hybridized carbons (Fsp3) is 0.500. The van der Waals surface area contributed by atoms with E-state index in [1.807, 2.05) is 7.05 Å². The second kappa shape index (κ2) is 5.79. The first-order valence-corrected chi connectivity index (χ1v) is 8.30. The quantitative estimate of drug-likeness (QED) is 0.915. The molecule has 4 nitrogen and oxygen atoms in total. The molecule has 17 heavy (non-hydrogen) atoms. The molecule has 0 aliphatic heterocycles. The average molecular weight is 286 g/mol. The maximum absolute atomic E-state index is 4.65. The SMILES string of the molecule is CCc1nc(CSC)sc1-c1nnc(NC)s1. The summed E-state index contributed by atoms with van der Waals surface area (Å²) in [5, 5.41) is 14.3. The first-order valence-electron chi connectivity index (χ1n) is 5.27. The van der Waals surface area contributed by atoms with E-state index < -0.39 is 0 Å². The second-order valence-electron chi connectivity index (χ2n) is 3.33. The van der Waals surface area contributed by atoms with Gasteiger partial charge in [-0.1, -0.05) is 18.3 Å². The highest BCUT2D eigenvalue weighted by Gasteiger charge is 2.15. The van der Waals surface area contributed by atoms with Crippen molar-refractivity contribution in [3.8, 4) is 9.88 Å². The highest BCUT2D eigenvalue weighted by Crippen LogP contribution is 2.35. The molecule has 0 atom stereocenters. The molecular formula is C10H14N4S3. The van der Waals surface area contributed by atoms with Gasteiger partial charge in [0, 0.05) is 12.8 Å². The van der Waals surface area contributed by atoms with Crippen LogP contribution in [-0.2, 0) is 12.2 Å². The van der Waals surface area contributed by atoms with Crippen molar-refractivity contribution in [1.29, 1.82) is 0 Å². The molecule has 0 spiro atoms. The molecule has 0 saturated heterocycles. The van der Waals surface area contributed by atoms with Crippen LogP contribution in [0.25, 0.3) is 9.88 Å². The molecule has 2 aromatic rings. The summed E-state index contributed by atoms with van der Waals surface area (Å²) in [6, 6.07) is 0.